The summed E-state index contributed by atoms with van der Waals surface area (Å²) in [5.74, 6) is 2.07. The molecule has 0 aromatic rings. The topological polar surface area (TPSA) is 6.48 Å². The van der Waals surface area contributed by atoms with E-state index in [1.165, 1.54) is 51.9 Å². The van der Waals surface area contributed by atoms with E-state index in [4.69, 9.17) is 0 Å². The lowest BCUT2D eigenvalue weighted by Gasteiger charge is -2.48. The van der Waals surface area contributed by atoms with Crippen LogP contribution in [-0.4, -0.2) is 49.1 Å². The molecule has 2 unspecified atom stereocenters. The molecular weight excluding hydrogens is 172 g/mol. The van der Waals surface area contributed by atoms with Gasteiger partial charge < -0.3 is 9.80 Å². The fourth-order valence-electron chi connectivity index (χ4n) is 3.92. The van der Waals surface area contributed by atoms with Crippen LogP contribution in [0.4, 0.5) is 0 Å². The highest BCUT2D eigenvalue weighted by atomic mass is 15.2. The van der Waals surface area contributed by atoms with Crippen LogP contribution in [0.15, 0.2) is 0 Å². The SMILES string of the molecule is CN1CCCC1C1CN2CCC1CC2. The van der Waals surface area contributed by atoms with E-state index in [1.807, 2.05) is 0 Å². The van der Waals surface area contributed by atoms with Gasteiger partial charge in [0.15, 0.2) is 0 Å². The van der Waals surface area contributed by atoms with Gasteiger partial charge in [0.1, 0.15) is 0 Å². The fourth-order valence-corrected chi connectivity index (χ4v) is 3.92. The van der Waals surface area contributed by atoms with Crippen LogP contribution in [0.2, 0.25) is 0 Å². The average Bonchev–Trinajstić information content (AvgIpc) is 2.66. The lowest BCUT2D eigenvalue weighted by atomic mass is 9.74. The molecule has 0 aromatic heterocycles. The summed E-state index contributed by atoms with van der Waals surface area (Å²) in [5, 5.41) is 0. The summed E-state index contributed by atoms with van der Waals surface area (Å²) < 4.78 is 0. The van der Waals surface area contributed by atoms with Crippen LogP contribution in [0.5, 0.6) is 0 Å². The summed E-state index contributed by atoms with van der Waals surface area (Å²) in [5.41, 5.74) is 0. The van der Waals surface area contributed by atoms with Gasteiger partial charge in [0.2, 0.25) is 0 Å². The van der Waals surface area contributed by atoms with Gasteiger partial charge in [0.25, 0.3) is 0 Å². The van der Waals surface area contributed by atoms with E-state index < -0.39 is 0 Å². The summed E-state index contributed by atoms with van der Waals surface area (Å²) >= 11 is 0. The normalized spacial score (nSPS) is 48.6. The van der Waals surface area contributed by atoms with E-state index in [9.17, 15) is 0 Å². The molecule has 14 heavy (non-hydrogen) atoms. The monoisotopic (exact) mass is 194 g/mol. The molecule has 4 aliphatic rings. The third-order valence-electron chi connectivity index (χ3n) is 4.78. The largest absolute Gasteiger partial charge is 0.303 e. The number of rotatable bonds is 1. The molecule has 2 atom stereocenters. The standard InChI is InChI=1S/C12H22N2/c1-13-6-2-3-12(13)11-9-14-7-4-10(11)5-8-14/h10-12H,2-9H2,1H3. The Labute approximate surface area is 87.3 Å². The Hall–Kier alpha value is -0.0800. The lowest BCUT2D eigenvalue weighted by molar-refractivity contribution is 0.0124. The molecule has 4 aliphatic heterocycles. The molecule has 0 radical (unpaired) electrons. The average molecular weight is 194 g/mol. The van der Waals surface area contributed by atoms with Crippen molar-refractivity contribution in [3.05, 3.63) is 0 Å². The first-order valence-electron chi connectivity index (χ1n) is 6.27. The van der Waals surface area contributed by atoms with Gasteiger partial charge in [-0.2, -0.15) is 0 Å². The second-order valence-corrected chi connectivity index (χ2v) is 5.49. The van der Waals surface area contributed by atoms with Gasteiger partial charge in [0.05, 0.1) is 0 Å². The second-order valence-electron chi connectivity index (χ2n) is 5.49. The minimum atomic E-state index is 0.920. The van der Waals surface area contributed by atoms with Crippen LogP contribution in [0, 0.1) is 11.8 Å². The summed E-state index contributed by atoms with van der Waals surface area (Å²) in [7, 11) is 2.33. The molecule has 0 saturated carbocycles. The highest BCUT2D eigenvalue weighted by Crippen LogP contribution is 2.38. The summed E-state index contributed by atoms with van der Waals surface area (Å²) in [6, 6.07) is 0.920. The van der Waals surface area contributed by atoms with Crippen molar-refractivity contribution < 1.29 is 0 Å². The van der Waals surface area contributed by atoms with Crippen molar-refractivity contribution in [2.75, 3.05) is 33.2 Å². The second kappa shape index (κ2) is 3.49. The molecule has 4 saturated heterocycles. The summed E-state index contributed by atoms with van der Waals surface area (Å²) in [6.45, 7) is 5.52. The van der Waals surface area contributed by atoms with E-state index in [0.29, 0.717) is 0 Å². The smallest absolute Gasteiger partial charge is 0.0136 e. The quantitative estimate of drug-likeness (QED) is 0.623. The van der Waals surface area contributed by atoms with E-state index in [-0.39, 0.29) is 0 Å². The van der Waals surface area contributed by atoms with Crippen LogP contribution in [0.1, 0.15) is 25.7 Å². The maximum Gasteiger partial charge on any atom is 0.0136 e. The molecule has 0 spiro atoms. The number of hydrogen-bond donors (Lipinski definition) is 0. The zero-order valence-corrected chi connectivity index (χ0v) is 9.28. The Morgan fingerprint density at radius 3 is 2.29 bits per heavy atom. The summed E-state index contributed by atoms with van der Waals surface area (Å²) in [4.78, 5) is 5.31. The van der Waals surface area contributed by atoms with Gasteiger partial charge >= 0.3 is 0 Å². The molecule has 0 aliphatic carbocycles. The van der Waals surface area contributed by atoms with E-state index in [0.717, 1.165) is 17.9 Å². The highest BCUT2D eigenvalue weighted by molar-refractivity contribution is 4.94. The zero-order valence-electron chi connectivity index (χ0n) is 9.28. The predicted molar refractivity (Wildman–Crippen MR) is 58.3 cm³/mol. The van der Waals surface area contributed by atoms with Crippen molar-refractivity contribution in [2.24, 2.45) is 11.8 Å². The van der Waals surface area contributed by atoms with Gasteiger partial charge in [0, 0.05) is 12.6 Å². The van der Waals surface area contributed by atoms with E-state index in [2.05, 4.69) is 16.8 Å². The molecule has 0 aromatic carbocycles. The van der Waals surface area contributed by atoms with Gasteiger partial charge in [-0.25, -0.2) is 0 Å². The van der Waals surface area contributed by atoms with Crippen LogP contribution in [-0.2, 0) is 0 Å². The Kier molecular flexibility index (Phi) is 2.29. The molecule has 80 valence electrons. The molecule has 0 amide bonds. The number of fused-ring (bicyclic) bond motifs is 3. The van der Waals surface area contributed by atoms with Crippen LogP contribution in [0.25, 0.3) is 0 Å². The third kappa shape index (κ3) is 1.40. The van der Waals surface area contributed by atoms with Crippen molar-refractivity contribution in [1.29, 1.82) is 0 Å². The first-order chi connectivity index (χ1) is 6.84. The molecule has 4 rings (SSSR count). The van der Waals surface area contributed by atoms with Crippen LogP contribution >= 0.6 is 0 Å². The van der Waals surface area contributed by atoms with Gasteiger partial charge in [-0.15, -0.1) is 0 Å². The van der Waals surface area contributed by atoms with Crippen molar-refractivity contribution >= 4 is 0 Å². The zero-order chi connectivity index (χ0) is 9.54. The molecule has 2 bridgehead atoms. The number of hydrogen-bond acceptors (Lipinski definition) is 2. The Morgan fingerprint density at radius 1 is 1.00 bits per heavy atom. The maximum atomic E-state index is 2.69. The number of likely N-dealkylation sites (tertiary alicyclic amines) is 1. The van der Waals surface area contributed by atoms with E-state index >= 15 is 0 Å². The van der Waals surface area contributed by atoms with Gasteiger partial charge in [-0.05, 0) is 64.2 Å². The lowest BCUT2D eigenvalue weighted by Crippen LogP contribution is -2.53. The first kappa shape index (κ1) is 9.17. The fraction of sp³-hybridized carbons (Fsp3) is 1.00. The molecular formula is C12H22N2. The Balaban J connectivity index is 1.72. The van der Waals surface area contributed by atoms with Crippen molar-refractivity contribution in [3.63, 3.8) is 0 Å². The minimum Gasteiger partial charge on any atom is -0.303 e. The first-order valence-corrected chi connectivity index (χ1v) is 6.27. The molecule has 2 nitrogen and oxygen atoms in total. The third-order valence-corrected chi connectivity index (χ3v) is 4.78. The van der Waals surface area contributed by atoms with Gasteiger partial charge in [-0.1, -0.05) is 0 Å². The maximum absolute atomic E-state index is 2.69. The molecule has 2 heteroatoms. The van der Waals surface area contributed by atoms with Crippen molar-refractivity contribution in [1.82, 2.24) is 9.80 Å². The number of nitrogens with zero attached hydrogens (tertiary/aromatic N) is 2. The van der Waals surface area contributed by atoms with Crippen molar-refractivity contribution in [3.8, 4) is 0 Å². The van der Waals surface area contributed by atoms with Crippen molar-refractivity contribution in [2.45, 2.75) is 31.7 Å². The highest BCUT2D eigenvalue weighted by Gasteiger charge is 2.40. The van der Waals surface area contributed by atoms with Crippen LogP contribution < -0.4 is 0 Å². The Morgan fingerprint density at radius 2 is 1.79 bits per heavy atom. The van der Waals surface area contributed by atoms with E-state index in [1.54, 1.807) is 0 Å². The molecule has 4 fully saturated rings. The van der Waals surface area contributed by atoms with Crippen LogP contribution in [0.3, 0.4) is 0 Å². The number of piperidine rings is 3. The summed E-state index contributed by atoms with van der Waals surface area (Å²) in [6.07, 6.45) is 5.86. The Bertz CT molecular complexity index is 208. The predicted octanol–water partition coefficient (Wildman–Crippen LogP) is 1.42. The minimum absolute atomic E-state index is 0.920. The molecule has 4 heterocycles. The molecule has 0 N–H and O–H groups in total. The van der Waals surface area contributed by atoms with Gasteiger partial charge in [-0.3, -0.25) is 0 Å².